The number of aromatic nitrogens is 2. The van der Waals surface area contributed by atoms with Crippen molar-refractivity contribution in [2.45, 2.75) is 5.88 Å². The van der Waals surface area contributed by atoms with E-state index in [4.69, 9.17) is 11.6 Å². The van der Waals surface area contributed by atoms with Crippen LogP contribution in [0.25, 0.3) is 10.9 Å². The highest BCUT2D eigenvalue weighted by Gasteiger charge is 2.14. The van der Waals surface area contributed by atoms with E-state index in [9.17, 15) is 9.59 Å². The molecule has 0 aliphatic heterocycles. The second-order valence-corrected chi connectivity index (χ2v) is 3.60. The standard InChI is InChI=1S/C11H9ClN2O3/c1-17-11(16)6-3-2-4-7-9(6)10(15)14-8(5-12)13-7/h2-4H,5H2,1H3,(H,13,14,15). The molecular weight excluding hydrogens is 244 g/mol. The van der Waals surface area contributed by atoms with Crippen LogP contribution in [-0.4, -0.2) is 23.0 Å². The Morgan fingerprint density at radius 3 is 2.94 bits per heavy atom. The summed E-state index contributed by atoms with van der Waals surface area (Å²) in [5.41, 5.74) is 0.221. The van der Waals surface area contributed by atoms with E-state index in [0.29, 0.717) is 11.3 Å². The van der Waals surface area contributed by atoms with Gasteiger partial charge in [0.1, 0.15) is 5.82 Å². The number of halogens is 1. The number of H-pyrrole nitrogens is 1. The lowest BCUT2D eigenvalue weighted by Gasteiger charge is -2.04. The molecular formula is C11H9ClN2O3. The SMILES string of the molecule is COC(=O)c1cccc2nc(CCl)[nH]c(=O)c12. The summed E-state index contributed by atoms with van der Waals surface area (Å²) in [5.74, 6) is -0.0964. The van der Waals surface area contributed by atoms with Gasteiger partial charge in [0.05, 0.1) is 29.5 Å². The molecule has 0 saturated carbocycles. The van der Waals surface area contributed by atoms with Crippen LogP contribution in [0.4, 0.5) is 0 Å². The lowest BCUT2D eigenvalue weighted by molar-refractivity contribution is 0.0603. The fourth-order valence-electron chi connectivity index (χ4n) is 1.58. The van der Waals surface area contributed by atoms with E-state index in [2.05, 4.69) is 14.7 Å². The van der Waals surface area contributed by atoms with Crippen LogP contribution in [-0.2, 0) is 10.6 Å². The maximum Gasteiger partial charge on any atom is 0.338 e. The number of nitrogens with one attached hydrogen (secondary N) is 1. The minimum atomic E-state index is -0.568. The summed E-state index contributed by atoms with van der Waals surface area (Å²) in [5, 5.41) is 0.216. The van der Waals surface area contributed by atoms with Gasteiger partial charge in [-0.15, -0.1) is 11.6 Å². The lowest BCUT2D eigenvalue weighted by atomic mass is 10.1. The Hall–Kier alpha value is -1.88. The average molecular weight is 253 g/mol. The number of rotatable bonds is 2. The lowest BCUT2D eigenvalue weighted by Crippen LogP contribution is -2.15. The largest absolute Gasteiger partial charge is 0.465 e. The average Bonchev–Trinajstić information content (AvgIpc) is 2.36. The van der Waals surface area contributed by atoms with Crippen LogP contribution in [0.1, 0.15) is 16.2 Å². The molecule has 0 spiro atoms. The molecule has 6 heteroatoms. The Balaban J connectivity index is 2.81. The van der Waals surface area contributed by atoms with Crippen molar-refractivity contribution in [3.63, 3.8) is 0 Å². The molecule has 1 heterocycles. The van der Waals surface area contributed by atoms with Crippen LogP contribution in [0.2, 0.25) is 0 Å². The van der Waals surface area contributed by atoms with E-state index < -0.39 is 11.5 Å². The summed E-state index contributed by atoms with van der Waals surface area (Å²) in [6, 6.07) is 4.80. The van der Waals surface area contributed by atoms with E-state index in [-0.39, 0.29) is 16.8 Å². The Morgan fingerprint density at radius 2 is 2.29 bits per heavy atom. The van der Waals surface area contributed by atoms with Crippen molar-refractivity contribution in [3.05, 3.63) is 39.9 Å². The predicted molar refractivity (Wildman–Crippen MR) is 63.3 cm³/mol. The van der Waals surface area contributed by atoms with Gasteiger partial charge in [0.15, 0.2) is 0 Å². The predicted octanol–water partition coefficient (Wildman–Crippen LogP) is 1.45. The molecule has 0 aliphatic rings. The summed E-state index contributed by atoms with van der Waals surface area (Å²) in [7, 11) is 1.26. The van der Waals surface area contributed by atoms with Crippen LogP contribution in [0.5, 0.6) is 0 Å². The number of hydrogen-bond acceptors (Lipinski definition) is 4. The zero-order chi connectivity index (χ0) is 12.4. The smallest absolute Gasteiger partial charge is 0.338 e. The zero-order valence-corrected chi connectivity index (χ0v) is 9.75. The van der Waals surface area contributed by atoms with E-state index in [1.165, 1.54) is 13.2 Å². The normalized spacial score (nSPS) is 10.5. The molecule has 0 unspecified atom stereocenters. The number of hydrogen-bond donors (Lipinski definition) is 1. The molecule has 0 atom stereocenters. The molecule has 0 aliphatic carbocycles. The summed E-state index contributed by atoms with van der Waals surface area (Å²) < 4.78 is 4.61. The number of carbonyl (C=O) groups excluding carboxylic acids is 1. The Labute approximate surface area is 101 Å². The number of nitrogens with zero attached hydrogens (tertiary/aromatic N) is 1. The van der Waals surface area contributed by atoms with Crippen molar-refractivity contribution in [2.75, 3.05) is 7.11 Å². The number of methoxy groups -OCH3 is 1. The summed E-state index contributed by atoms with van der Waals surface area (Å²) in [6.45, 7) is 0. The third-order valence-corrected chi connectivity index (χ3v) is 2.57. The third kappa shape index (κ3) is 2.01. The van der Waals surface area contributed by atoms with Crippen LogP contribution < -0.4 is 5.56 Å². The second kappa shape index (κ2) is 4.55. The second-order valence-electron chi connectivity index (χ2n) is 3.34. The van der Waals surface area contributed by atoms with Gasteiger partial charge in [0.2, 0.25) is 0 Å². The van der Waals surface area contributed by atoms with E-state index in [0.717, 1.165) is 0 Å². The number of esters is 1. The van der Waals surface area contributed by atoms with Gasteiger partial charge in [-0.25, -0.2) is 9.78 Å². The number of carbonyl (C=O) groups is 1. The Kier molecular flexibility index (Phi) is 3.10. The number of fused-ring (bicyclic) bond motifs is 1. The number of ether oxygens (including phenoxy) is 1. The van der Waals surface area contributed by atoms with Gasteiger partial charge in [-0.2, -0.15) is 0 Å². The van der Waals surface area contributed by atoms with Gasteiger partial charge in [0.25, 0.3) is 5.56 Å². The first-order chi connectivity index (χ1) is 8.17. The monoisotopic (exact) mass is 252 g/mol. The molecule has 1 N–H and O–H groups in total. The van der Waals surface area contributed by atoms with E-state index in [1.54, 1.807) is 12.1 Å². The molecule has 0 fully saturated rings. The highest BCUT2D eigenvalue weighted by atomic mass is 35.5. The number of benzene rings is 1. The molecule has 2 aromatic rings. The number of aromatic amines is 1. The van der Waals surface area contributed by atoms with Crippen molar-refractivity contribution in [1.29, 1.82) is 0 Å². The molecule has 0 bridgehead atoms. The van der Waals surface area contributed by atoms with Crippen LogP contribution in [0.3, 0.4) is 0 Å². The summed E-state index contributed by atoms with van der Waals surface area (Å²) >= 11 is 5.60. The molecule has 0 saturated heterocycles. The van der Waals surface area contributed by atoms with Crippen molar-refractivity contribution in [1.82, 2.24) is 9.97 Å². The van der Waals surface area contributed by atoms with Crippen LogP contribution >= 0.6 is 11.6 Å². The molecule has 88 valence electrons. The zero-order valence-electron chi connectivity index (χ0n) is 8.99. The van der Waals surface area contributed by atoms with Crippen LogP contribution in [0.15, 0.2) is 23.0 Å². The minimum absolute atomic E-state index is 0.105. The fourth-order valence-corrected chi connectivity index (χ4v) is 1.71. The summed E-state index contributed by atoms with van der Waals surface area (Å²) in [6.07, 6.45) is 0. The minimum Gasteiger partial charge on any atom is -0.465 e. The molecule has 5 nitrogen and oxygen atoms in total. The Morgan fingerprint density at radius 1 is 1.53 bits per heavy atom. The fraction of sp³-hybridized carbons (Fsp3) is 0.182. The van der Waals surface area contributed by atoms with Gasteiger partial charge >= 0.3 is 5.97 Å². The summed E-state index contributed by atoms with van der Waals surface area (Å²) in [4.78, 5) is 30.0. The highest BCUT2D eigenvalue weighted by molar-refractivity contribution is 6.16. The van der Waals surface area contributed by atoms with Crippen molar-refractivity contribution >= 4 is 28.5 Å². The van der Waals surface area contributed by atoms with Crippen molar-refractivity contribution in [3.8, 4) is 0 Å². The first-order valence-electron chi connectivity index (χ1n) is 4.83. The molecule has 17 heavy (non-hydrogen) atoms. The van der Waals surface area contributed by atoms with E-state index in [1.807, 2.05) is 0 Å². The molecule has 1 aromatic carbocycles. The molecule has 0 amide bonds. The van der Waals surface area contributed by atoms with Gasteiger partial charge in [-0.05, 0) is 12.1 Å². The first-order valence-corrected chi connectivity index (χ1v) is 5.37. The van der Waals surface area contributed by atoms with E-state index >= 15 is 0 Å². The van der Waals surface area contributed by atoms with Gasteiger partial charge in [-0.3, -0.25) is 4.79 Å². The maximum absolute atomic E-state index is 11.8. The highest BCUT2D eigenvalue weighted by Crippen LogP contribution is 2.14. The molecule has 2 rings (SSSR count). The quantitative estimate of drug-likeness (QED) is 0.649. The first kappa shape index (κ1) is 11.6. The number of alkyl halides is 1. The van der Waals surface area contributed by atoms with Gasteiger partial charge in [0, 0.05) is 0 Å². The maximum atomic E-state index is 11.8. The Bertz CT molecular complexity index is 636. The van der Waals surface area contributed by atoms with Crippen molar-refractivity contribution in [2.24, 2.45) is 0 Å². The molecule has 1 aromatic heterocycles. The third-order valence-electron chi connectivity index (χ3n) is 2.31. The topological polar surface area (TPSA) is 72.0 Å². The van der Waals surface area contributed by atoms with Gasteiger partial charge in [-0.1, -0.05) is 6.07 Å². The molecule has 0 radical (unpaired) electrons. The van der Waals surface area contributed by atoms with Crippen LogP contribution in [0, 0.1) is 0 Å². The van der Waals surface area contributed by atoms with Gasteiger partial charge < -0.3 is 9.72 Å². The van der Waals surface area contributed by atoms with Crippen molar-refractivity contribution < 1.29 is 9.53 Å².